The van der Waals surface area contributed by atoms with E-state index in [1.807, 2.05) is 12.1 Å². The number of urea groups is 1. The van der Waals surface area contributed by atoms with Crippen LogP contribution in [-0.4, -0.2) is 28.4 Å². The summed E-state index contributed by atoms with van der Waals surface area (Å²) >= 11 is 0. The van der Waals surface area contributed by atoms with Gasteiger partial charge in [0, 0.05) is 5.56 Å². The maximum Gasteiger partial charge on any atom is 0.344 e. The van der Waals surface area contributed by atoms with Crippen LogP contribution in [0.2, 0.25) is 0 Å². The highest BCUT2D eigenvalue weighted by molar-refractivity contribution is 6.09. The molecule has 0 saturated carbocycles. The lowest BCUT2D eigenvalue weighted by Crippen LogP contribution is -2.48. The molecular formula is C21H31N3O3. The first-order chi connectivity index (χ1) is 12.8. The van der Waals surface area contributed by atoms with Gasteiger partial charge in [-0.3, -0.25) is 15.0 Å². The summed E-state index contributed by atoms with van der Waals surface area (Å²) in [5, 5.41) is 3.53. The number of nitrogens with one attached hydrogen (secondary N) is 2. The molecule has 2 N–H and O–H groups in total. The quantitative estimate of drug-likeness (QED) is 0.505. The number of amides is 4. The Labute approximate surface area is 161 Å². The zero-order chi connectivity index (χ0) is 20.0. The number of unbranched alkanes of at least 4 members (excludes halogenated alkanes) is 4. The fraction of sp³-hybridized carbons (Fsp3) is 0.571. The van der Waals surface area contributed by atoms with Gasteiger partial charge in [0.2, 0.25) is 0 Å². The Bertz CT molecular complexity index is 684. The first-order valence-corrected chi connectivity index (χ1v) is 9.86. The van der Waals surface area contributed by atoms with Gasteiger partial charge >= 0.3 is 6.03 Å². The molecule has 4 amide bonds. The van der Waals surface area contributed by atoms with Crippen molar-refractivity contribution in [3.63, 3.8) is 0 Å². The van der Waals surface area contributed by atoms with Crippen molar-refractivity contribution in [2.45, 2.75) is 77.7 Å². The van der Waals surface area contributed by atoms with Crippen LogP contribution < -0.4 is 10.7 Å². The molecule has 1 aliphatic rings. The molecule has 0 radical (unpaired) electrons. The molecule has 1 atom stereocenters. The minimum absolute atomic E-state index is 0.367. The summed E-state index contributed by atoms with van der Waals surface area (Å²) in [5.41, 5.74) is 3.01. The Hall–Kier alpha value is -2.37. The standard InChI is InChI=1S/C21H31N3O3/c1-5-6-7-8-9-14-21(4)19(26)24(20(27)22-21)23-18(25)17-12-10-16(11-13-17)15(2)3/h10-13,15H,5-9,14H2,1-4H3,(H,22,27)(H,23,25)/t21-/m0/s1. The maximum atomic E-state index is 12.7. The largest absolute Gasteiger partial charge is 0.344 e. The number of carbonyl (C=O) groups is 3. The van der Waals surface area contributed by atoms with E-state index in [0.29, 0.717) is 17.9 Å². The predicted molar refractivity (Wildman–Crippen MR) is 105 cm³/mol. The lowest BCUT2D eigenvalue weighted by atomic mass is 9.94. The SMILES string of the molecule is CCCCCCC[C@]1(C)NC(=O)N(NC(=O)c2ccc(C(C)C)cc2)C1=O. The molecule has 1 aromatic carbocycles. The van der Waals surface area contributed by atoms with Crippen LogP contribution in [0.15, 0.2) is 24.3 Å². The number of carbonyl (C=O) groups excluding carboxylic acids is 3. The zero-order valence-electron chi connectivity index (χ0n) is 16.8. The minimum atomic E-state index is -0.960. The monoisotopic (exact) mass is 373 g/mol. The van der Waals surface area contributed by atoms with E-state index in [1.165, 1.54) is 6.42 Å². The average Bonchev–Trinajstić information content (AvgIpc) is 2.85. The van der Waals surface area contributed by atoms with Crippen molar-refractivity contribution in [3.8, 4) is 0 Å². The van der Waals surface area contributed by atoms with Crippen LogP contribution in [0.1, 0.15) is 88.1 Å². The van der Waals surface area contributed by atoms with Crippen molar-refractivity contribution in [3.05, 3.63) is 35.4 Å². The van der Waals surface area contributed by atoms with Gasteiger partial charge in [0.05, 0.1) is 0 Å². The summed E-state index contributed by atoms with van der Waals surface area (Å²) in [7, 11) is 0. The predicted octanol–water partition coefficient (Wildman–Crippen LogP) is 4.13. The third-order valence-electron chi connectivity index (χ3n) is 5.09. The van der Waals surface area contributed by atoms with E-state index in [-0.39, 0.29) is 0 Å². The number of imide groups is 1. The topological polar surface area (TPSA) is 78.5 Å². The summed E-state index contributed by atoms with van der Waals surface area (Å²) in [6.45, 7) is 8.02. The zero-order valence-corrected chi connectivity index (χ0v) is 16.8. The van der Waals surface area contributed by atoms with Gasteiger partial charge in [-0.1, -0.05) is 65.0 Å². The molecule has 1 heterocycles. The van der Waals surface area contributed by atoms with Crippen molar-refractivity contribution in [2.75, 3.05) is 0 Å². The van der Waals surface area contributed by atoms with Crippen molar-refractivity contribution < 1.29 is 14.4 Å². The molecule has 1 aliphatic heterocycles. The summed E-state index contributed by atoms with van der Waals surface area (Å²) in [6, 6.07) is 6.59. The van der Waals surface area contributed by atoms with E-state index in [9.17, 15) is 14.4 Å². The number of hydrogen-bond donors (Lipinski definition) is 2. The Morgan fingerprint density at radius 1 is 1.11 bits per heavy atom. The molecule has 1 aromatic rings. The third-order valence-corrected chi connectivity index (χ3v) is 5.09. The molecule has 1 fully saturated rings. The Kier molecular flexibility index (Phi) is 6.99. The highest BCUT2D eigenvalue weighted by Gasteiger charge is 2.48. The van der Waals surface area contributed by atoms with E-state index < -0.39 is 23.4 Å². The third kappa shape index (κ3) is 5.08. The number of hydrogen-bond acceptors (Lipinski definition) is 3. The normalized spacial score (nSPS) is 19.5. The van der Waals surface area contributed by atoms with Crippen LogP contribution in [0.4, 0.5) is 4.79 Å². The molecule has 6 nitrogen and oxygen atoms in total. The van der Waals surface area contributed by atoms with Gasteiger partial charge < -0.3 is 5.32 Å². The fourth-order valence-electron chi connectivity index (χ4n) is 3.22. The first-order valence-electron chi connectivity index (χ1n) is 9.86. The van der Waals surface area contributed by atoms with E-state index in [0.717, 1.165) is 36.3 Å². The Balaban J connectivity index is 1.96. The van der Waals surface area contributed by atoms with Gasteiger partial charge in [0.15, 0.2) is 0 Å². The lowest BCUT2D eigenvalue weighted by Gasteiger charge is -2.21. The van der Waals surface area contributed by atoms with Gasteiger partial charge in [-0.05, 0) is 37.0 Å². The molecule has 2 rings (SSSR count). The summed E-state index contributed by atoms with van der Waals surface area (Å²) in [4.78, 5) is 37.4. The molecule has 0 aromatic heterocycles. The van der Waals surface area contributed by atoms with Crippen molar-refractivity contribution in [1.82, 2.24) is 15.8 Å². The van der Waals surface area contributed by atoms with Gasteiger partial charge in [0.25, 0.3) is 11.8 Å². The van der Waals surface area contributed by atoms with Crippen molar-refractivity contribution in [1.29, 1.82) is 0 Å². The molecule has 1 saturated heterocycles. The van der Waals surface area contributed by atoms with Gasteiger partial charge in [-0.2, -0.15) is 5.01 Å². The Morgan fingerprint density at radius 2 is 1.74 bits per heavy atom. The number of rotatable bonds is 9. The highest BCUT2D eigenvalue weighted by Crippen LogP contribution is 2.23. The van der Waals surface area contributed by atoms with Crippen LogP contribution in [0, 0.1) is 0 Å². The van der Waals surface area contributed by atoms with Gasteiger partial charge in [-0.15, -0.1) is 0 Å². The van der Waals surface area contributed by atoms with Gasteiger partial charge in [0.1, 0.15) is 5.54 Å². The second-order valence-electron chi connectivity index (χ2n) is 7.78. The molecular weight excluding hydrogens is 342 g/mol. The van der Waals surface area contributed by atoms with E-state index >= 15 is 0 Å². The Morgan fingerprint density at radius 3 is 2.33 bits per heavy atom. The lowest BCUT2D eigenvalue weighted by molar-refractivity contribution is -0.132. The van der Waals surface area contributed by atoms with E-state index in [4.69, 9.17) is 0 Å². The number of nitrogens with zero attached hydrogens (tertiary/aromatic N) is 1. The first kappa shape index (κ1) is 20.9. The van der Waals surface area contributed by atoms with Crippen LogP contribution in [0.5, 0.6) is 0 Å². The highest BCUT2D eigenvalue weighted by atomic mass is 16.2. The summed E-state index contributed by atoms with van der Waals surface area (Å²) in [6.07, 6.45) is 5.92. The van der Waals surface area contributed by atoms with Crippen LogP contribution in [-0.2, 0) is 4.79 Å². The van der Waals surface area contributed by atoms with E-state index in [1.54, 1.807) is 19.1 Å². The molecule has 148 valence electrons. The molecule has 0 bridgehead atoms. The molecule has 6 heteroatoms. The number of hydrazine groups is 1. The summed E-state index contributed by atoms with van der Waals surface area (Å²) < 4.78 is 0. The number of benzene rings is 1. The molecule has 27 heavy (non-hydrogen) atoms. The van der Waals surface area contributed by atoms with Crippen LogP contribution in [0.3, 0.4) is 0 Å². The molecule has 0 spiro atoms. The van der Waals surface area contributed by atoms with Crippen LogP contribution in [0.25, 0.3) is 0 Å². The molecule has 0 unspecified atom stereocenters. The second kappa shape index (κ2) is 9.02. The van der Waals surface area contributed by atoms with Crippen molar-refractivity contribution >= 4 is 17.8 Å². The maximum absolute atomic E-state index is 12.7. The molecule has 0 aliphatic carbocycles. The average molecular weight is 373 g/mol. The smallest absolute Gasteiger partial charge is 0.322 e. The van der Waals surface area contributed by atoms with E-state index in [2.05, 4.69) is 31.5 Å². The summed E-state index contributed by atoms with van der Waals surface area (Å²) in [5.74, 6) is -0.512. The minimum Gasteiger partial charge on any atom is -0.322 e. The van der Waals surface area contributed by atoms with Gasteiger partial charge in [-0.25, -0.2) is 4.79 Å². The van der Waals surface area contributed by atoms with Crippen LogP contribution >= 0.6 is 0 Å². The second-order valence-corrected chi connectivity index (χ2v) is 7.78. The fourth-order valence-corrected chi connectivity index (χ4v) is 3.22. The van der Waals surface area contributed by atoms with Crippen molar-refractivity contribution in [2.24, 2.45) is 0 Å².